The van der Waals surface area contributed by atoms with Crippen LogP contribution >= 0.6 is 22.6 Å². The minimum absolute atomic E-state index is 0.112. The van der Waals surface area contributed by atoms with Crippen LogP contribution in [-0.2, 0) is 0 Å². The quantitative estimate of drug-likeness (QED) is 0.648. The summed E-state index contributed by atoms with van der Waals surface area (Å²) in [6.07, 6.45) is 0. The highest BCUT2D eigenvalue weighted by Crippen LogP contribution is 2.32. The molecule has 4 heteroatoms. The molecule has 17 heavy (non-hydrogen) atoms. The number of halogens is 2. The van der Waals surface area contributed by atoms with Crippen molar-refractivity contribution in [2.45, 2.75) is 33.7 Å². The van der Waals surface area contributed by atoms with Crippen LogP contribution in [-0.4, -0.2) is 13.1 Å². The number of benzene rings is 1. The van der Waals surface area contributed by atoms with E-state index in [0.717, 1.165) is 5.69 Å². The molecule has 0 bridgehead atoms. The fraction of sp³-hybridized carbons (Fsp3) is 0.538. The summed E-state index contributed by atoms with van der Waals surface area (Å²) in [6, 6.07) is 3.46. The van der Waals surface area contributed by atoms with Crippen LogP contribution in [0.2, 0.25) is 0 Å². The van der Waals surface area contributed by atoms with E-state index < -0.39 is 0 Å². The van der Waals surface area contributed by atoms with E-state index in [1.165, 1.54) is 6.07 Å². The first-order valence-corrected chi connectivity index (χ1v) is 6.70. The molecule has 0 aliphatic heterocycles. The largest absolute Gasteiger partial charge is 0.397 e. The summed E-state index contributed by atoms with van der Waals surface area (Å²) in [4.78, 5) is 2.04. The summed E-state index contributed by atoms with van der Waals surface area (Å²) < 4.78 is 14.1. The van der Waals surface area contributed by atoms with Crippen molar-refractivity contribution in [3.05, 3.63) is 21.5 Å². The molecule has 0 saturated carbocycles. The first-order chi connectivity index (χ1) is 7.64. The molecule has 2 N–H and O–H groups in total. The van der Waals surface area contributed by atoms with Gasteiger partial charge in [0.1, 0.15) is 5.82 Å². The number of nitrogens with zero attached hydrogens (tertiary/aromatic N) is 1. The Morgan fingerprint density at radius 2 is 1.88 bits per heavy atom. The van der Waals surface area contributed by atoms with Crippen LogP contribution in [0, 0.1) is 14.8 Å². The van der Waals surface area contributed by atoms with Crippen molar-refractivity contribution >= 4 is 34.0 Å². The van der Waals surface area contributed by atoms with E-state index in [1.54, 1.807) is 6.07 Å². The minimum Gasteiger partial charge on any atom is -0.397 e. The van der Waals surface area contributed by atoms with Gasteiger partial charge in [0.2, 0.25) is 0 Å². The summed E-state index contributed by atoms with van der Waals surface area (Å²) in [5, 5.41) is 0. The molecule has 1 atom stereocenters. The Morgan fingerprint density at radius 3 is 2.35 bits per heavy atom. The third kappa shape index (κ3) is 3.24. The van der Waals surface area contributed by atoms with Gasteiger partial charge >= 0.3 is 0 Å². The minimum atomic E-state index is -0.220. The van der Waals surface area contributed by atoms with E-state index >= 15 is 0 Å². The monoisotopic (exact) mass is 350 g/mol. The lowest BCUT2D eigenvalue weighted by Crippen LogP contribution is -2.39. The lowest BCUT2D eigenvalue weighted by molar-refractivity contribution is 0.330. The van der Waals surface area contributed by atoms with Gasteiger partial charge in [0.05, 0.1) is 14.9 Å². The normalized spacial score (nSPS) is 13.6. The van der Waals surface area contributed by atoms with Crippen LogP contribution in [0.5, 0.6) is 0 Å². The Hall–Kier alpha value is -0.520. The molecule has 0 amide bonds. The Kier molecular flexibility index (Phi) is 4.28. The zero-order valence-corrected chi connectivity index (χ0v) is 13.2. The molecule has 1 rings (SSSR count). The average Bonchev–Trinajstić information content (AvgIpc) is 2.20. The number of nitrogens with two attached hydrogens (primary N) is 1. The molecule has 0 saturated heterocycles. The Bertz CT molecular complexity index is 413. The lowest BCUT2D eigenvalue weighted by atomic mass is 9.87. The molecule has 0 spiro atoms. The van der Waals surface area contributed by atoms with Crippen LogP contribution in [0.25, 0.3) is 0 Å². The van der Waals surface area contributed by atoms with E-state index in [-0.39, 0.29) is 17.3 Å². The van der Waals surface area contributed by atoms with Crippen LogP contribution < -0.4 is 10.6 Å². The van der Waals surface area contributed by atoms with Gasteiger partial charge in [-0.2, -0.15) is 0 Å². The molecule has 0 aliphatic rings. The smallest absolute Gasteiger partial charge is 0.138 e. The predicted molar refractivity (Wildman–Crippen MR) is 80.8 cm³/mol. The van der Waals surface area contributed by atoms with Gasteiger partial charge in [-0.1, -0.05) is 20.8 Å². The molecule has 1 unspecified atom stereocenters. The van der Waals surface area contributed by atoms with Gasteiger partial charge in [-0.15, -0.1) is 0 Å². The molecule has 0 fully saturated rings. The highest BCUT2D eigenvalue weighted by atomic mass is 127. The molecular formula is C13H20FIN2. The Labute approximate surface area is 117 Å². The van der Waals surface area contributed by atoms with Crippen molar-refractivity contribution in [3.8, 4) is 0 Å². The molecule has 0 aliphatic carbocycles. The molecular weight excluding hydrogens is 330 g/mol. The molecule has 96 valence electrons. The summed E-state index contributed by atoms with van der Waals surface area (Å²) in [5.74, 6) is -0.220. The number of rotatable bonds is 2. The van der Waals surface area contributed by atoms with Crippen LogP contribution in [0.4, 0.5) is 15.8 Å². The maximum absolute atomic E-state index is 13.6. The summed E-state index contributed by atoms with van der Waals surface area (Å²) in [6.45, 7) is 8.60. The zero-order valence-electron chi connectivity index (χ0n) is 11.0. The molecule has 1 aromatic rings. The standard InChI is InChI=1S/C13H20FIN2/c1-8(13(2,3)4)17(5)12-6-9(14)10(15)7-11(12)16/h6-8H,16H2,1-5H3. The lowest BCUT2D eigenvalue weighted by Gasteiger charge is -2.37. The van der Waals surface area contributed by atoms with E-state index in [9.17, 15) is 4.39 Å². The van der Waals surface area contributed by atoms with E-state index in [1.807, 2.05) is 34.5 Å². The third-order valence-corrected chi connectivity index (χ3v) is 4.11. The second-order valence-corrected chi connectivity index (χ2v) is 6.64. The fourth-order valence-corrected chi connectivity index (χ4v) is 2.14. The van der Waals surface area contributed by atoms with Crippen LogP contribution in [0.1, 0.15) is 27.7 Å². The summed E-state index contributed by atoms with van der Waals surface area (Å²) >= 11 is 1.95. The summed E-state index contributed by atoms with van der Waals surface area (Å²) in [5.41, 5.74) is 7.45. The first kappa shape index (κ1) is 14.5. The number of anilines is 2. The van der Waals surface area contributed by atoms with Gasteiger partial charge in [-0.3, -0.25) is 0 Å². The topological polar surface area (TPSA) is 29.3 Å². The SMILES string of the molecule is CC(N(C)c1cc(F)c(I)cc1N)C(C)(C)C. The number of nitrogen functional groups attached to an aromatic ring is 1. The molecule has 1 aromatic carbocycles. The average molecular weight is 350 g/mol. The first-order valence-electron chi connectivity index (χ1n) is 5.62. The van der Waals surface area contributed by atoms with Crippen molar-refractivity contribution in [3.63, 3.8) is 0 Å². The Morgan fingerprint density at radius 1 is 1.35 bits per heavy atom. The van der Waals surface area contributed by atoms with Crippen molar-refractivity contribution in [1.82, 2.24) is 0 Å². The highest BCUT2D eigenvalue weighted by molar-refractivity contribution is 14.1. The van der Waals surface area contributed by atoms with E-state index in [0.29, 0.717) is 9.26 Å². The second kappa shape index (κ2) is 5.00. The zero-order chi connectivity index (χ0) is 13.4. The fourth-order valence-electron chi connectivity index (χ4n) is 1.65. The van der Waals surface area contributed by atoms with Crippen LogP contribution in [0.15, 0.2) is 12.1 Å². The number of hydrogen-bond donors (Lipinski definition) is 1. The predicted octanol–water partition coefficient (Wildman–Crippen LogP) is 3.88. The third-order valence-electron chi connectivity index (χ3n) is 3.28. The van der Waals surface area contributed by atoms with Crippen molar-refractivity contribution in [1.29, 1.82) is 0 Å². The maximum atomic E-state index is 13.6. The van der Waals surface area contributed by atoms with Crippen molar-refractivity contribution < 1.29 is 4.39 Å². The molecule has 0 radical (unpaired) electrons. The van der Waals surface area contributed by atoms with Crippen LogP contribution in [0.3, 0.4) is 0 Å². The van der Waals surface area contributed by atoms with Gasteiger partial charge in [0.25, 0.3) is 0 Å². The van der Waals surface area contributed by atoms with Gasteiger partial charge < -0.3 is 10.6 Å². The highest BCUT2D eigenvalue weighted by Gasteiger charge is 2.25. The molecule has 2 nitrogen and oxygen atoms in total. The van der Waals surface area contributed by atoms with E-state index in [4.69, 9.17) is 5.73 Å². The van der Waals surface area contributed by atoms with Gasteiger partial charge in [0, 0.05) is 19.2 Å². The van der Waals surface area contributed by atoms with Gasteiger partial charge in [-0.25, -0.2) is 4.39 Å². The summed E-state index contributed by atoms with van der Waals surface area (Å²) in [7, 11) is 1.95. The molecule has 0 heterocycles. The molecule has 0 aromatic heterocycles. The van der Waals surface area contributed by atoms with Gasteiger partial charge in [-0.05, 0) is 41.0 Å². The van der Waals surface area contributed by atoms with E-state index in [2.05, 4.69) is 27.7 Å². The van der Waals surface area contributed by atoms with Crippen molar-refractivity contribution in [2.75, 3.05) is 17.7 Å². The van der Waals surface area contributed by atoms with Crippen molar-refractivity contribution in [2.24, 2.45) is 5.41 Å². The second-order valence-electron chi connectivity index (χ2n) is 5.48. The number of hydrogen-bond acceptors (Lipinski definition) is 2. The van der Waals surface area contributed by atoms with Gasteiger partial charge in [0.15, 0.2) is 0 Å². The maximum Gasteiger partial charge on any atom is 0.138 e. The Balaban J connectivity index is 3.13.